The molecule has 1 aromatic carbocycles. The van der Waals surface area contributed by atoms with Crippen molar-refractivity contribution in [3.8, 4) is 11.8 Å². The van der Waals surface area contributed by atoms with E-state index in [1.807, 2.05) is 18.2 Å². The Hall–Kier alpha value is -1.22. The maximum Gasteiger partial charge on any atom is 0.0424 e. The second-order valence-electron chi connectivity index (χ2n) is 2.70. The van der Waals surface area contributed by atoms with Crippen LogP contribution in [-0.2, 0) is 0 Å². The van der Waals surface area contributed by atoms with Crippen LogP contribution in [0.2, 0.25) is 0 Å². The molecule has 0 heteroatoms. The topological polar surface area (TPSA) is 0 Å². The molecule has 0 fully saturated rings. The van der Waals surface area contributed by atoms with Gasteiger partial charge in [0, 0.05) is 12.3 Å². The molecule has 12 heavy (non-hydrogen) atoms. The first kappa shape index (κ1) is 8.87. The standard InChI is InChI=1S/C12H13/c1-3-4-8-11(2)12-9-6-5-7-10-12/h5-7,9-11H,1,3H2,2H3. The molecule has 1 rings (SSSR count). The molecule has 0 bridgehead atoms. The van der Waals surface area contributed by atoms with E-state index in [0.717, 1.165) is 0 Å². The van der Waals surface area contributed by atoms with E-state index in [1.54, 1.807) is 0 Å². The molecule has 1 unspecified atom stereocenters. The van der Waals surface area contributed by atoms with Gasteiger partial charge in [-0.25, -0.2) is 0 Å². The van der Waals surface area contributed by atoms with Gasteiger partial charge in [0.1, 0.15) is 0 Å². The van der Waals surface area contributed by atoms with Gasteiger partial charge in [-0.05, 0) is 19.4 Å². The predicted octanol–water partition coefficient (Wildman–Crippen LogP) is 3.02. The van der Waals surface area contributed by atoms with E-state index in [-0.39, 0.29) is 0 Å². The Bertz CT molecular complexity index is 274. The van der Waals surface area contributed by atoms with Gasteiger partial charge in [0.25, 0.3) is 0 Å². The Morgan fingerprint density at radius 1 is 1.33 bits per heavy atom. The van der Waals surface area contributed by atoms with E-state index in [2.05, 4.69) is 37.8 Å². The van der Waals surface area contributed by atoms with Crippen LogP contribution >= 0.6 is 0 Å². The van der Waals surface area contributed by atoms with Gasteiger partial charge in [-0.15, -0.1) is 5.92 Å². The summed E-state index contributed by atoms with van der Waals surface area (Å²) in [7, 11) is 0. The minimum Gasteiger partial charge on any atom is -0.103 e. The molecule has 61 valence electrons. The van der Waals surface area contributed by atoms with Crippen LogP contribution in [0.15, 0.2) is 30.3 Å². The minimum atomic E-state index is 0.327. The lowest BCUT2D eigenvalue weighted by Crippen LogP contribution is -1.87. The molecule has 0 aromatic heterocycles. The summed E-state index contributed by atoms with van der Waals surface area (Å²) in [5.74, 6) is 6.45. The zero-order valence-corrected chi connectivity index (χ0v) is 7.38. The molecule has 1 atom stereocenters. The predicted molar refractivity (Wildman–Crippen MR) is 52.6 cm³/mol. The van der Waals surface area contributed by atoms with E-state index in [9.17, 15) is 0 Å². The molecule has 0 amide bonds. The number of rotatable bonds is 1. The fourth-order valence-electron chi connectivity index (χ4n) is 1.05. The molecule has 0 saturated carbocycles. The first-order valence-corrected chi connectivity index (χ1v) is 4.17. The summed E-state index contributed by atoms with van der Waals surface area (Å²) in [6, 6.07) is 10.3. The van der Waals surface area contributed by atoms with E-state index in [1.165, 1.54) is 5.56 Å². The lowest BCUT2D eigenvalue weighted by Gasteiger charge is -2.02. The zero-order valence-electron chi connectivity index (χ0n) is 7.38. The van der Waals surface area contributed by atoms with Gasteiger partial charge >= 0.3 is 0 Å². The van der Waals surface area contributed by atoms with Crippen molar-refractivity contribution in [3.05, 3.63) is 42.8 Å². The largest absolute Gasteiger partial charge is 0.103 e. The molecule has 0 aliphatic carbocycles. The van der Waals surface area contributed by atoms with Gasteiger partial charge in [0.15, 0.2) is 0 Å². The van der Waals surface area contributed by atoms with Gasteiger partial charge < -0.3 is 0 Å². The molecular formula is C12H13. The summed E-state index contributed by atoms with van der Waals surface area (Å²) in [6.07, 6.45) is 0.692. The van der Waals surface area contributed by atoms with E-state index in [4.69, 9.17) is 0 Å². The molecule has 0 saturated heterocycles. The third kappa shape index (κ3) is 2.43. The first-order chi connectivity index (χ1) is 5.84. The van der Waals surface area contributed by atoms with Gasteiger partial charge in [-0.1, -0.05) is 36.3 Å². The van der Waals surface area contributed by atoms with Gasteiger partial charge in [-0.3, -0.25) is 0 Å². The van der Waals surface area contributed by atoms with Crippen LogP contribution in [0.4, 0.5) is 0 Å². The Morgan fingerprint density at radius 2 is 2.00 bits per heavy atom. The summed E-state index contributed by atoms with van der Waals surface area (Å²) in [4.78, 5) is 0. The number of hydrogen-bond acceptors (Lipinski definition) is 0. The smallest absolute Gasteiger partial charge is 0.0424 e. The maximum absolute atomic E-state index is 3.68. The second kappa shape index (κ2) is 4.62. The van der Waals surface area contributed by atoms with Crippen LogP contribution in [-0.4, -0.2) is 0 Å². The molecule has 0 aliphatic rings. The van der Waals surface area contributed by atoms with Crippen LogP contribution in [0.5, 0.6) is 0 Å². The Morgan fingerprint density at radius 3 is 2.58 bits per heavy atom. The highest BCUT2D eigenvalue weighted by Gasteiger charge is 1.97. The Labute approximate surface area is 74.6 Å². The fourth-order valence-corrected chi connectivity index (χ4v) is 1.05. The second-order valence-corrected chi connectivity index (χ2v) is 2.70. The van der Waals surface area contributed by atoms with Crippen LogP contribution in [0.3, 0.4) is 0 Å². The number of benzene rings is 1. The van der Waals surface area contributed by atoms with E-state index in [0.29, 0.717) is 12.3 Å². The van der Waals surface area contributed by atoms with Crippen molar-refractivity contribution in [3.63, 3.8) is 0 Å². The van der Waals surface area contributed by atoms with Crippen molar-refractivity contribution in [2.24, 2.45) is 0 Å². The van der Waals surface area contributed by atoms with Crippen molar-refractivity contribution in [2.45, 2.75) is 19.3 Å². The molecule has 0 heterocycles. The maximum atomic E-state index is 3.68. The molecule has 0 N–H and O–H groups in total. The lowest BCUT2D eigenvalue weighted by atomic mass is 10.0. The van der Waals surface area contributed by atoms with Crippen molar-refractivity contribution in [1.82, 2.24) is 0 Å². The Kier molecular flexibility index (Phi) is 3.41. The van der Waals surface area contributed by atoms with E-state index >= 15 is 0 Å². The zero-order chi connectivity index (χ0) is 8.81. The minimum absolute atomic E-state index is 0.327. The highest BCUT2D eigenvalue weighted by atomic mass is 14.0. The molecule has 0 spiro atoms. The van der Waals surface area contributed by atoms with Crippen LogP contribution in [0.1, 0.15) is 24.8 Å². The third-order valence-corrected chi connectivity index (χ3v) is 1.74. The molecular weight excluding hydrogens is 144 g/mol. The van der Waals surface area contributed by atoms with Crippen molar-refractivity contribution in [2.75, 3.05) is 0 Å². The highest BCUT2D eigenvalue weighted by Crippen LogP contribution is 2.12. The average Bonchev–Trinajstić information content (AvgIpc) is 2.15. The van der Waals surface area contributed by atoms with Crippen molar-refractivity contribution in [1.29, 1.82) is 0 Å². The molecule has 1 radical (unpaired) electrons. The average molecular weight is 157 g/mol. The lowest BCUT2D eigenvalue weighted by molar-refractivity contribution is 1.00. The summed E-state index contributed by atoms with van der Waals surface area (Å²) in [5.41, 5.74) is 1.28. The Balaban J connectivity index is 2.72. The van der Waals surface area contributed by atoms with Crippen molar-refractivity contribution >= 4 is 0 Å². The summed E-state index contributed by atoms with van der Waals surface area (Å²) in [6.45, 7) is 5.79. The van der Waals surface area contributed by atoms with Crippen molar-refractivity contribution < 1.29 is 0 Å². The summed E-state index contributed by atoms with van der Waals surface area (Å²) >= 11 is 0. The molecule has 1 aromatic rings. The van der Waals surface area contributed by atoms with Gasteiger partial charge in [0.05, 0.1) is 0 Å². The van der Waals surface area contributed by atoms with E-state index < -0.39 is 0 Å². The van der Waals surface area contributed by atoms with Crippen LogP contribution < -0.4 is 0 Å². The normalized spacial score (nSPS) is 11.5. The fraction of sp³-hybridized carbons (Fsp3) is 0.250. The summed E-state index contributed by atoms with van der Waals surface area (Å²) in [5, 5.41) is 0. The first-order valence-electron chi connectivity index (χ1n) is 4.17. The quantitative estimate of drug-likeness (QED) is 0.550. The highest BCUT2D eigenvalue weighted by molar-refractivity contribution is 5.26. The van der Waals surface area contributed by atoms with Gasteiger partial charge in [0.2, 0.25) is 0 Å². The third-order valence-electron chi connectivity index (χ3n) is 1.74. The monoisotopic (exact) mass is 157 g/mol. The molecule has 0 nitrogen and oxygen atoms in total. The summed E-state index contributed by atoms with van der Waals surface area (Å²) < 4.78 is 0. The van der Waals surface area contributed by atoms with Crippen LogP contribution in [0, 0.1) is 18.8 Å². The SMILES string of the molecule is [CH2]CC#CC(C)c1ccccc1. The number of hydrogen-bond donors (Lipinski definition) is 0. The van der Waals surface area contributed by atoms with Gasteiger partial charge in [-0.2, -0.15) is 0 Å². The van der Waals surface area contributed by atoms with Crippen LogP contribution in [0.25, 0.3) is 0 Å². The molecule has 0 aliphatic heterocycles.